The van der Waals surface area contributed by atoms with Crippen molar-refractivity contribution < 1.29 is 4.79 Å². The van der Waals surface area contributed by atoms with Crippen LogP contribution in [-0.4, -0.2) is 15.7 Å². The number of anilines is 2. The van der Waals surface area contributed by atoms with Gasteiger partial charge in [0.2, 0.25) is 5.91 Å². The zero-order chi connectivity index (χ0) is 15.4. The third kappa shape index (κ3) is 3.42. The molecule has 1 atom stereocenters. The van der Waals surface area contributed by atoms with Gasteiger partial charge in [0.05, 0.1) is 11.7 Å². The van der Waals surface area contributed by atoms with Gasteiger partial charge in [-0.25, -0.2) is 0 Å². The van der Waals surface area contributed by atoms with E-state index in [0.717, 1.165) is 22.6 Å². The average Bonchev–Trinajstić information content (AvgIpc) is 2.89. The molecule has 0 saturated heterocycles. The summed E-state index contributed by atoms with van der Waals surface area (Å²) in [6, 6.07) is 8.01. The largest absolute Gasteiger partial charge is 0.377 e. The van der Waals surface area contributed by atoms with Crippen molar-refractivity contribution in [3.8, 4) is 0 Å². The molecule has 0 bridgehead atoms. The van der Waals surface area contributed by atoms with Gasteiger partial charge in [0.25, 0.3) is 0 Å². The molecule has 0 saturated carbocycles. The van der Waals surface area contributed by atoms with Crippen molar-refractivity contribution in [1.82, 2.24) is 9.78 Å². The summed E-state index contributed by atoms with van der Waals surface area (Å²) < 4.78 is 1.86. The molecule has 5 heteroatoms. The van der Waals surface area contributed by atoms with Gasteiger partial charge in [0, 0.05) is 31.0 Å². The van der Waals surface area contributed by atoms with Crippen LogP contribution < -0.4 is 10.6 Å². The van der Waals surface area contributed by atoms with Gasteiger partial charge in [-0.15, -0.1) is 0 Å². The fraction of sp³-hybridized carbons (Fsp3) is 0.375. The molecule has 0 aliphatic heterocycles. The van der Waals surface area contributed by atoms with E-state index in [1.807, 2.05) is 49.8 Å². The van der Waals surface area contributed by atoms with Gasteiger partial charge in [-0.2, -0.15) is 5.10 Å². The standard InChI is InChI=1S/C16H22N4O/c1-5-16(21)19-14-8-6-7-13(11(14)2)18-12(3)15-9-10-17-20(15)4/h6-10,12,18H,5H2,1-4H3,(H,19,21). The summed E-state index contributed by atoms with van der Waals surface area (Å²) in [4.78, 5) is 11.6. The molecule has 0 spiro atoms. The number of carbonyl (C=O) groups excluding carboxylic acids is 1. The smallest absolute Gasteiger partial charge is 0.224 e. The normalized spacial score (nSPS) is 12.0. The fourth-order valence-corrected chi connectivity index (χ4v) is 2.28. The minimum absolute atomic E-state index is 0.0231. The van der Waals surface area contributed by atoms with E-state index in [9.17, 15) is 4.79 Å². The minimum Gasteiger partial charge on any atom is -0.377 e. The molecule has 2 rings (SSSR count). The number of nitrogens with zero attached hydrogens (tertiary/aromatic N) is 2. The number of hydrogen-bond donors (Lipinski definition) is 2. The highest BCUT2D eigenvalue weighted by Gasteiger charge is 2.12. The maximum Gasteiger partial charge on any atom is 0.224 e. The number of aryl methyl sites for hydroxylation is 1. The van der Waals surface area contributed by atoms with Gasteiger partial charge < -0.3 is 10.6 Å². The highest BCUT2D eigenvalue weighted by Crippen LogP contribution is 2.27. The summed E-state index contributed by atoms with van der Waals surface area (Å²) in [5.74, 6) is 0.0231. The third-order valence-electron chi connectivity index (χ3n) is 3.60. The zero-order valence-electron chi connectivity index (χ0n) is 13.0. The summed E-state index contributed by atoms with van der Waals surface area (Å²) in [6.07, 6.45) is 2.26. The minimum atomic E-state index is 0.0231. The first-order chi connectivity index (χ1) is 10.0. The number of hydrogen-bond acceptors (Lipinski definition) is 3. The molecule has 1 aromatic carbocycles. The maximum absolute atomic E-state index is 11.6. The van der Waals surface area contributed by atoms with Crippen molar-refractivity contribution in [1.29, 1.82) is 0 Å². The second-order valence-corrected chi connectivity index (χ2v) is 5.13. The number of amides is 1. The van der Waals surface area contributed by atoms with Crippen molar-refractivity contribution in [3.63, 3.8) is 0 Å². The summed E-state index contributed by atoms with van der Waals surface area (Å²) in [7, 11) is 1.93. The summed E-state index contributed by atoms with van der Waals surface area (Å²) in [5.41, 5.74) is 4.01. The number of benzene rings is 1. The summed E-state index contributed by atoms with van der Waals surface area (Å²) in [5, 5.41) is 10.6. The van der Waals surface area contributed by atoms with Crippen molar-refractivity contribution in [3.05, 3.63) is 41.7 Å². The van der Waals surface area contributed by atoms with Gasteiger partial charge >= 0.3 is 0 Å². The lowest BCUT2D eigenvalue weighted by atomic mass is 10.1. The van der Waals surface area contributed by atoms with Crippen LogP contribution in [0.4, 0.5) is 11.4 Å². The lowest BCUT2D eigenvalue weighted by Gasteiger charge is -2.19. The molecule has 1 unspecified atom stereocenters. The molecule has 1 heterocycles. The van der Waals surface area contributed by atoms with Crippen molar-refractivity contribution in [2.24, 2.45) is 7.05 Å². The first-order valence-corrected chi connectivity index (χ1v) is 7.16. The molecule has 21 heavy (non-hydrogen) atoms. The van der Waals surface area contributed by atoms with Crippen LogP contribution in [0.5, 0.6) is 0 Å². The predicted molar refractivity (Wildman–Crippen MR) is 85.3 cm³/mol. The van der Waals surface area contributed by atoms with Crippen LogP contribution in [0.25, 0.3) is 0 Å². The molecule has 0 aliphatic rings. The Labute approximate surface area is 125 Å². The Bertz CT molecular complexity index is 633. The predicted octanol–water partition coefficient (Wildman–Crippen LogP) is 3.25. The van der Waals surface area contributed by atoms with Crippen LogP contribution in [-0.2, 0) is 11.8 Å². The number of nitrogens with one attached hydrogen (secondary N) is 2. The first-order valence-electron chi connectivity index (χ1n) is 7.16. The molecule has 5 nitrogen and oxygen atoms in total. The Morgan fingerprint density at radius 2 is 2.05 bits per heavy atom. The molecule has 0 radical (unpaired) electrons. The Morgan fingerprint density at radius 1 is 1.33 bits per heavy atom. The van der Waals surface area contributed by atoms with Crippen LogP contribution in [0, 0.1) is 6.92 Å². The molecular weight excluding hydrogens is 264 g/mol. The zero-order valence-corrected chi connectivity index (χ0v) is 13.0. The van der Waals surface area contributed by atoms with Crippen LogP contribution in [0.2, 0.25) is 0 Å². The van der Waals surface area contributed by atoms with E-state index < -0.39 is 0 Å². The van der Waals surface area contributed by atoms with E-state index in [-0.39, 0.29) is 11.9 Å². The van der Waals surface area contributed by atoms with E-state index in [2.05, 4.69) is 22.7 Å². The Hall–Kier alpha value is -2.30. The molecule has 1 aromatic heterocycles. The van der Waals surface area contributed by atoms with Crippen molar-refractivity contribution in [2.45, 2.75) is 33.2 Å². The quantitative estimate of drug-likeness (QED) is 0.887. The highest BCUT2D eigenvalue weighted by molar-refractivity contribution is 5.92. The second-order valence-electron chi connectivity index (χ2n) is 5.13. The molecule has 1 amide bonds. The summed E-state index contributed by atoms with van der Waals surface area (Å²) >= 11 is 0. The van der Waals surface area contributed by atoms with E-state index in [1.54, 1.807) is 6.20 Å². The van der Waals surface area contributed by atoms with Crippen LogP contribution in [0.3, 0.4) is 0 Å². The fourth-order valence-electron chi connectivity index (χ4n) is 2.28. The van der Waals surface area contributed by atoms with Gasteiger partial charge in [0.15, 0.2) is 0 Å². The average molecular weight is 286 g/mol. The molecule has 2 N–H and O–H groups in total. The van der Waals surface area contributed by atoms with Gasteiger partial charge in [-0.3, -0.25) is 9.48 Å². The van der Waals surface area contributed by atoms with Crippen LogP contribution >= 0.6 is 0 Å². The van der Waals surface area contributed by atoms with Crippen LogP contribution in [0.15, 0.2) is 30.5 Å². The van der Waals surface area contributed by atoms with E-state index in [0.29, 0.717) is 6.42 Å². The SMILES string of the molecule is CCC(=O)Nc1cccc(NC(C)c2ccnn2C)c1C. The lowest BCUT2D eigenvalue weighted by molar-refractivity contribution is -0.115. The number of rotatable bonds is 5. The van der Waals surface area contributed by atoms with E-state index in [4.69, 9.17) is 0 Å². The molecule has 2 aromatic rings. The van der Waals surface area contributed by atoms with Crippen molar-refractivity contribution >= 4 is 17.3 Å². The van der Waals surface area contributed by atoms with Gasteiger partial charge in [0.1, 0.15) is 0 Å². The maximum atomic E-state index is 11.6. The monoisotopic (exact) mass is 286 g/mol. The molecule has 0 aliphatic carbocycles. The van der Waals surface area contributed by atoms with E-state index >= 15 is 0 Å². The summed E-state index contributed by atoms with van der Waals surface area (Å²) in [6.45, 7) is 5.94. The van der Waals surface area contributed by atoms with Gasteiger partial charge in [-0.1, -0.05) is 13.0 Å². The number of carbonyl (C=O) groups is 1. The molecule has 112 valence electrons. The molecule has 0 fully saturated rings. The van der Waals surface area contributed by atoms with Crippen molar-refractivity contribution in [2.75, 3.05) is 10.6 Å². The Balaban J connectivity index is 2.19. The topological polar surface area (TPSA) is 59.0 Å². The number of aromatic nitrogens is 2. The van der Waals surface area contributed by atoms with E-state index in [1.165, 1.54) is 0 Å². The second kappa shape index (κ2) is 6.43. The molecular formula is C16H22N4O. The Kier molecular flexibility index (Phi) is 4.62. The van der Waals surface area contributed by atoms with Crippen LogP contribution in [0.1, 0.15) is 37.6 Å². The van der Waals surface area contributed by atoms with Gasteiger partial charge in [-0.05, 0) is 37.6 Å². The third-order valence-corrected chi connectivity index (χ3v) is 3.60. The highest BCUT2D eigenvalue weighted by atomic mass is 16.1. The lowest BCUT2D eigenvalue weighted by Crippen LogP contribution is -2.14. The Morgan fingerprint density at radius 3 is 2.67 bits per heavy atom. The first kappa shape index (κ1) is 15.1.